The third kappa shape index (κ3) is 7.72. The fourth-order valence-corrected chi connectivity index (χ4v) is 15.2. The molecule has 0 saturated carbocycles. The maximum atomic E-state index is 2.50. The van der Waals surface area contributed by atoms with Crippen molar-refractivity contribution in [1.82, 2.24) is 0 Å². The highest BCUT2D eigenvalue weighted by atomic mass is 15.2. The summed E-state index contributed by atoms with van der Waals surface area (Å²) in [6.45, 7) is 0. The quantitative estimate of drug-likeness (QED) is 0.120. The zero-order valence-electron chi connectivity index (χ0n) is 47.7. The number of fused-ring (bicyclic) bond motifs is 8. The zero-order chi connectivity index (χ0) is 56.8. The maximum absolute atomic E-state index is 2.50. The monoisotopic (exact) mass is 1100 g/mol. The van der Waals surface area contributed by atoms with Gasteiger partial charge in [0.25, 0.3) is 0 Å². The normalized spacial score (nSPS) is 14.0. The van der Waals surface area contributed by atoms with Gasteiger partial charge < -0.3 is 9.80 Å². The first-order chi connectivity index (χ1) is 42.6. The molecule has 13 aromatic carbocycles. The van der Waals surface area contributed by atoms with Gasteiger partial charge in [-0.15, -0.1) is 0 Å². The molecule has 0 fully saturated rings. The lowest BCUT2D eigenvalue weighted by Gasteiger charge is -2.35. The van der Waals surface area contributed by atoms with Crippen LogP contribution >= 0.6 is 0 Å². The van der Waals surface area contributed by atoms with E-state index in [0.717, 1.165) is 59.8 Å². The van der Waals surface area contributed by atoms with E-state index in [4.69, 9.17) is 0 Å². The van der Waals surface area contributed by atoms with Gasteiger partial charge in [-0.05, 0) is 204 Å². The molecule has 0 heterocycles. The van der Waals surface area contributed by atoms with Crippen molar-refractivity contribution < 1.29 is 0 Å². The average molecular weight is 1100 g/mol. The Morgan fingerprint density at radius 1 is 0.198 bits per heavy atom. The SMILES string of the molecule is c1ccc(C2(c3ccccc3)c3ccccc3-c3ccc(N(c4cccc(-c5ccc6c(c5)CC6)c4)c4cccc(N(c5cccc(-c6ccc7c(c6)CC7)c5)c5ccc6c(c5)C(c5ccccc5)(c5ccccc5)c5ccccc5-6)c4)cc32)cc1. The second-order valence-corrected chi connectivity index (χ2v) is 23.8. The van der Waals surface area contributed by atoms with Gasteiger partial charge in [-0.2, -0.15) is 0 Å². The van der Waals surface area contributed by atoms with Crippen LogP contribution in [-0.2, 0) is 36.5 Å². The Morgan fingerprint density at radius 3 is 0.884 bits per heavy atom. The fourth-order valence-electron chi connectivity index (χ4n) is 15.2. The van der Waals surface area contributed by atoms with E-state index in [-0.39, 0.29) is 0 Å². The predicted molar refractivity (Wildman–Crippen MR) is 356 cm³/mol. The number of benzene rings is 13. The molecule has 0 N–H and O–H groups in total. The topological polar surface area (TPSA) is 6.48 Å². The molecule has 13 aromatic rings. The van der Waals surface area contributed by atoms with Crippen molar-refractivity contribution in [1.29, 1.82) is 0 Å². The van der Waals surface area contributed by atoms with E-state index in [1.165, 1.54) is 111 Å². The average Bonchev–Trinajstić information content (AvgIpc) is 1.56. The summed E-state index contributed by atoms with van der Waals surface area (Å²) in [6.07, 6.45) is 4.58. The van der Waals surface area contributed by atoms with Crippen molar-refractivity contribution >= 4 is 34.1 Å². The van der Waals surface area contributed by atoms with Crippen LogP contribution in [0.3, 0.4) is 0 Å². The van der Waals surface area contributed by atoms with E-state index < -0.39 is 10.8 Å². The fraction of sp³-hybridized carbons (Fsp3) is 0.0714. The summed E-state index contributed by atoms with van der Waals surface area (Å²) in [5.74, 6) is 0. The maximum Gasteiger partial charge on any atom is 0.0714 e. The summed E-state index contributed by atoms with van der Waals surface area (Å²) < 4.78 is 0. The van der Waals surface area contributed by atoms with E-state index in [0.29, 0.717) is 0 Å². The molecule has 86 heavy (non-hydrogen) atoms. The summed E-state index contributed by atoms with van der Waals surface area (Å²) in [4.78, 5) is 5.01. The number of rotatable bonds is 12. The standard InChI is InChI=1S/C84H60N2/c1-5-22-65(23-6-1)83(66-24-7-2-8-25-66)79-36-15-13-34-75(79)77-48-46-73(55-81(77)83)85(69-30-17-20-59(52-69)63-44-40-57-38-42-61(57)50-63)71-32-19-33-72(54-71)86(70-31-18-21-60(53-70)64-45-41-58-39-43-62(58)51-64)74-47-49-78-76-35-14-16-37-80(76)84(82(78)56-74,67-26-9-3-10-27-67)68-28-11-4-12-29-68/h1-37,40-41,44-56H,38-39,42-43H2. The van der Waals surface area contributed by atoms with Crippen LogP contribution in [0.5, 0.6) is 0 Å². The summed E-state index contributed by atoms with van der Waals surface area (Å²) in [6, 6.07) is 119. The van der Waals surface area contributed by atoms with Gasteiger partial charge in [0.15, 0.2) is 0 Å². The van der Waals surface area contributed by atoms with Gasteiger partial charge in [-0.25, -0.2) is 0 Å². The van der Waals surface area contributed by atoms with Crippen LogP contribution in [0.25, 0.3) is 44.5 Å². The van der Waals surface area contributed by atoms with E-state index in [9.17, 15) is 0 Å². The predicted octanol–water partition coefficient (Wildman–Crippen LogP) is 20.9. The molecule has 406 valence electrons. The van der Waals surface area contributed by atoms with Gasteiger partial charge in [0.05, 0.1) is 10.8 Å². The van der Waals surface area contributed by atoms with Crippen LogP contribution in [-0.4, -0.2) is 0 Å². The number of nitrogens with zero attached hydrogens (tertiary/aromatic N) is 2. The van der Waals surface area contributed by atoms with Crippen molar-refractivity contribution in [3.63, 3.8) is 0 Å². The molecule has 0 spiro atoms. The third-order valence-electron chi connectivity index (χ3n) is 19.4. The molecule has 0 amide bonds. The number of hydrogen-bond acceptors (Lipinski definition) is 2. The summed E-state index contributed by atoms with van der Waals surface area (Å²) in [5, 5.41) is 0. The molecule has 0 aliphatic heterocycles. The van der Waals surface area contributed by atoms with Crippen LogP contribution in [0.1, 0.15) is 66.8 Å². The number of anilines is 6. The van der Waals surface area contributed by atoms with Crippen molar-refractivity contribution in [2.24, 2.45) is 0 Å². The smallest absolute Gasteiger partial charge is 0.0714 e. The Hall–Kier alpha value is -10.5. The molecule has 4 aliphatic rings. The van der Waals surface area contributed by atoms with Crippen molar-refractivity contribution in [2.45, 2.75) is 36.5 Å². The molecule has 0 radical (unpaired) electrons. The molecule has 0 atom stereocenters. The van der Waals surface area contributed by atoms with Gasteiger partial charge in [0, 0.05) is 34.1 Å². The first kappa shape index (κ1) is 50.0. The Kier molecular flexibility index (Phi) is 11.7. The van der Waals surface area contributed by atoms with Crippen LogP contribution < -0.4 is 9.80 Å². The molecule has 0 bridgehead atoms. The van der Waals surface area contributed by atoms with Crippen LogP contribution in [0, 0.1) is 0 Å². The number of aryl methyl sites for hydroxylation is 4. The van der Waals surface area contributed by atoms with Crippen LogP contribution in [0.15, 0.2) is 315 Å². The van der Waals surface area contributed by atoms with E-state index >= 15 is 0 Å². The second-order valence-electron chi connectivity index (χ2n) is 23.8. The van der Waals surface area contributed by atoms with Crippen LogP contribution in [0.4, 0.5) is 34.1 Å². The first-order valence-electron chi connectivity index (χ1n) is 30.5. The first-order valence-corrected chi connectivity index (χ1v) is 30.5. The van der Waals surface area contributed by atoms with E-state index in [2.05, 4.69) is 325 Å². The van der Waals surface area contributed by atoms with Gasteiger partial charge in [0.2, 0.25) is 0 Å². The molecular weight excluding hydrogens is 1040 g/mol. The molecule has 0 unspecified atom stereocenters. The lowest BCUT2D eigenvalue weighted by molar-refractivity contribution is 0.768. The molecule has 0 aromatic heterocycles. The zero-order valence-corrected chi connectivity index (χ0v) is 47.7. The summed E-state index contributed by atoms with van der Waals surface area (Å²) in [7, 11) is 0. The molecular formula is C84H60N2. The van der Waals surface area contributed by atoms with Crippen molar-refractivity contribution in [2.75, 3.05) is 9.80 Å². The summed E-state index contributed by atoms with van der Waals surface area (Å²) >= 11 is 0. The minimum atomic E-state index is -0.574. The Bertz CT molecular complexity index is 4390. The highest BCUT2D eigenvalue weighted by molar-refractivity contribution is 5.93. The Balaban J connectivity index is 0.895. The highest BCUT2D eigenvalue weighted by Crippen LogP contribution is 2.59. The van der Waals surface area contributed by atoms with Gasteiger partial charge >= 0.3 is 0 Å². The summed E-state index contributed by atoms with van der Waals surface area (Å²) in [5.41, 5.74) is 31.2. The minimum Gasteiger partial charge on any atom is -0.310 e. The Labute approximate surface area is 504 Å². The molecule has 2 nitrogen and oxygen atoms in total. The lowest BCUT2D eigenvalue weighted by Crippen LogP contribution is -2.28. The number of hydrogen-bond donors (Lipinski definition) is 0. The molecule has 4 aliphatic carbocycles. The van der Waals surface area contributed by atoms with Gasteiger partial charge in [-0.3, -0.25) is 0 Å². The molecule has 0 saturated heterocycles. The molecule has 17 rings (SSSR count). The second kappa shape index (κ2) is 20.1. The minimum absolute atomic E-state index is 0.574. The Morgan fingerprint density at radius 2 is 0.512 bits per heavy atom. The van der Waals surface area contributed by atoms with Crippen LogP contribution in [0.2, 0.25) is 0 Å². The van der Waals surface area contributed by atoms with E-state index in [1.807, 2.05) is 0 Å². The largest absolute Gasteiger partial charge is 0.310 e. The van der Waals surface area contributed by atoms with Crippen molar-refractivity contribution in [3.8, 4) is 44.5 Å². The molecule has 2 heteroatoms. The van der Waals surface area contributed by atoms with Crippen molar-refractivity contribution in [3.05, 3.63) is 382 Å². The van der Waals surface area contributed by atoms with Gasteiger partial charge in [-0.1, -0.05) is 249 Å². The lowest BCUT2D eigenvalue weighted by atomic mass is 9.67. The highest BCUT2D eigenvalue weighted by Gasteiger charge is 2.48. The van der Waals surface area contributed by atoms with Gasteiger partial charge in [0.1, 0.15) is 0 Å². The van der Waals surface area contributed by atoms with E-state index in [1.54, 1.807) is 0 Å². The third-order valence-corrected chi connectivity index (χ3v) is 19.4.